The van der Waals surface area contributed by atoms with E-state index in [1.807, 2.05) is 11.6 Å². The Labute approximate surface area is 103 Å². The van der Waals surface area contributed by atoms with E-state index >= 15 is 0 Å². The molecule has 0 aliphatic carbocycles. The van der Waals surface area contributed by atoms with Crippen molar-refractivity contribution in [3.05, 3.63) is 17.5 Å². The highest BCUT2D eigenvalue weighted by Gasteiger charge is 2.16. The molecule has 4 heteroatoms. The van der Waals surface area contributed by atoms with E-state index in [-0.39, 0.29) is 5.54 Å². The van der Waals surface area contributed by atoms with Gasteiger partial charge < -0.3 is 5.32 Å². The highest BCUT2D eigenvalue weighted by molar-refractivity contribution is 6.17. The van der Waals surface area contributed by atoms with Gasteiger partial charge in [-0.2, -0.15) is 5.10 Å². The average molecular weight is 244 g/mol. The van der Waals surface area contributed by atoms with Crippen LogP contribution in [0.1, 0.15) is 38.6 Å². The number of nitrogens with one attached hydrogen (secondary N) is 1. The van der Waals surface area contributed by atoms with Crippen LogP contribution in [-0.4, -0.2) is 21.2 Å². The summed E-state index contributed by atoms with van der Waals surface area (Å²) in [6.07, 6.45) is 0.966. The molecule has 0 aliphatic rings. The summed E-state index contributed by atoms with van der Waals surface area (Å²) >= 11 is 5.77. The average Bonchev–Trinajstić information content (AvgIpc) is 2.56. The predicted octanol–water partition coefficient (Wildman–Crippen LogP) is 2.71. The Morgan fingerprint density at radius 2 is 2.19 bits per heavy atom. The fourth-order valence-corrected chi connectivity index (χ4v) is 2.14. The first-order chi connectivity index (χ1) is 7.48. The fourth-order valence-electron chi connectivity index (χ4n) is 1.67. The lowest BCUT2D eigenvalue weighted by Gasteiger charge is -2.25. The molecule has 0 fully saturated rings. The van der Waals surface area contributed by atoms with E-state index in [0.717, 1.165) is 25.2 Å². The molecule has 1 rings (SSSR count). The third kappa shape index (κ3) is 3.80. The monoisotopic (exact) mass is 243 g/mol. The summed E-state index contributed by atoms with van der Waals surface area (Å²) in [4.78, 5) is 0. The second-order valence-electron chi connectivity index (χ2n) is 4.77. The summed E-state index contributed by atoms with van der Waals surface area (Å²) in [5, 5.41) is 7.95. The summed E-state index contributed by atoms with van der Waals surface area (Å²) < 4.78 is 2.04. The summed E-state index contributed by atoms with van der Waals surface area (Å²) in [7, 11) is 0. The molecule has 0 radical (unpaired) electrons. The van der Waals surface area contributed by atoms with E-state index in [0.29, 0.717) is 5.88 Å². The molecule has 0 amide bonds. The maximum atomic E-state index is 5.77. The summed E-state index contributed by atoms with van der Waals surface area (Å²) in [5.74, 6) is 0.687. The van der Waals surface area contributed by atoms with E-state index in [4.69, 9.17) is 11.6 Å². The minimum absolute atomic E-state index is 0.0818. The smallest absolute Gasteiger partial charge is 0.0597 e. The van der Waals surface area contributed by atoms with E-state index in [1.54, 1.807) is 0 Å². The van der Waals surface area contributed by atoms with Crippen molar-refractivity contribution in [2.45, 2.75) is 52.7 Å². The minimum atomic E-state index is 0.0818. The van der Waals surface area contributed by atoms with Gasteiger partial charge in [0.1, 0.15) is 0 Å². The van der Waals surface area contributed by atoms with E-state index < -0.39 is 0 Å². The van der Waals surface area contributed by atoms with Gasteiger partial charge in [0.05, 0.1) is 11.4 Å². The van der Waals surface area contributed by atoms with Gasteiger partial charge in [-0.05, 0) is 40.2 Å². The lowest BCUT2D eigenvalue weighted by molar-refractivity contribution is 0.369. The zero-order chi connectivity index (χ0) is 12.2. The van der Waals surface area contributed by atoms with Crippen molar-refractivity contribution in [1.29, 1.82) is 0 Å². The first-order valence-corrected chi connectivity index (χ1v) is 6.36. The highest BCUT2D eigenvalue weighted by atomic mass is 35.5. The van der Waals surface area contributed by atoms with Gasteiger partial charge in [-0.1, -0.05) is 0 Å². The van der Waals surface area contributed by atoms with Crippen molar-refractivity contribution in [1.82, 2.24) is 15.1 Å². The Bertz CT molecular complexity index is 331. The van der Waals surface area contributed by atoms with Gasteiger partial charge >= 0.3 is 0 Å². The summed E-state index contributed by atoms with van der Waals surface area (Å²) in [6, 6.07) is 2.13. The van der Waals surface area contributed by atoms with Crippen LogP contribution in [0.5, 0.6) is 0 Å². The molecular formula is C12H22ClN3. The normalized spacial score (nSPS) is 12.1. The third-order valence-electron chi connectivity index (χ3n) is 2.75. The van der Waals surface area contributed by atoms with E-state index in [2.05, 4.69) is 37.3 Å². The van der Waals surface area contributed by atoms with Crippen molar-refractivity contribution in [2.24, 2.45) is 0 Å². The zero-order valence-corrected chi connectivity index (χ0v) is 11.4. The number of rotatable bonds is 6. The largest absolute Gasteiger partial charge is 0.306 e. The number of halogens is 1. The van der Waals surface area contributed by atoms with E-state index in [1.165, 1.54) is 5.69 Å². The highest BCUT2D eigenvalue weighted by Crippen LogP contribution is 2.11. The van der Waals surface area contributed by atoms with E-state index in [9.17, 15) is 0 Å². The number of hydrogen-bond donors (Lipinski definition) is 1. The first kappa shape index (κ1) is 13.5. The number of alkyl halides is 1. The van der Waals surface area contributed by atoms with Crippen molar-refractivity contribution in [3.63, 3.8) is 0 Å². The standard InChI is InChI=1S/C12H22ClN3/c1-5-16-11(8-10(2)15-16)9-14-12(3,4)6-7-13/h8,14H,5-7,9H2,1-4H3. The molecule has 0 atom stereocenters. The van der Waals surface area contributed by atoms with Gasteiger partial charge in [-0.3, -0.25) is 4.68 Å². The van der Waals surface area contributed by atoms with Crippen molar-refractivity contribution in [2.75, 3.05) is 5.88 Å². The van der Waals surface area contributed by atoms with Crippen LogP contribution in [-0.2, 0) is 13.1 Å². The molecule has 3 nitrogen and oxygen atoms in total. The number of nitrogens with zero attached hydrogens (tertiary/aromatic N) is 2. The molecule has 0 bridgehead atoms. The second kappa shape index (κ2) is 5.69. The molecule has 92 valence electrons. The van der Waals surface area contributed by atoms with Crippen LogP contribution in [0.25, 0.3) is 0 Å². The molecule has 1 aromatic rings. The van der Waals surface area contributed by atoms with Gasteiger partial charge in [-0.15, -0.1) is 11.6 Å². The maximum absolute atomic E-state index is 5.77. The number of aryl methyl sites for hydroxylation is 2. The molecule has 0 saturated heterocycles. The van der Waals surface area contributed by atoms with Crippen LogP contribution in [0.4, 0.5) is 0 Å². The summed E-state index contributed by atoms with van der Waals surface area (Å²) in [5.41, 5.74) is 2.40. The fraction of sp³-hybridized carbons (Fsp3) is 0.750. The molecule has 0 unspecified atom stereocenters. The van der Waals surface area contributed by atoms with Crippen LogP contribution >= 0.6 is 11.6 Å². The third-order valence-corrected chi connectivity index (χ3v) is 2.94. The van der Waals surface area contributed by atoms with Crippen LogP contribution in [0.15, 0.2) is 6.07 Å². The maximum Gasteiger partial charge on any atom is 0.0597 e. The van der Waals surface area contributed by atoms with Crippen molar-refractivity contribution in [3.8, 4) is 0 Å². The molecule has 0 aliphatic heterocycles. The van der Waals surface area contributed by atoms with Crippen LogP contribution in [0.2, 0.25) is 0 Å². The lowest BCUT2D eigenvalue weighted by atomic mass is 10.0. The topological polar surface area (TPSA) is 29.9 Å². The Morgan fingerprint density at radius 1 is 1.50 bits per heavy atom. The molecule has 16 heavy (non-hydrogen) atoms. The quantitative estimate of drug-likeness (QED) is 0.779. The Balaban J connectivity index is 2.60. The van der Waals surface area contributed by atoms with Crippen LogP contribution < -0.4 is 5.32 Å². The molecule has 0 aromatic carbocycles. The van der Waals surface area contributed by atoms with Gasteiger partial charge in [-0.25, -0.2) is 0 Å². The molecular weight excluding hydrogens is 222 g/mol. The van der Waals surface area contributed by atoms with Crippen molar-refractivity contribution < 1.29 is 0 Å². The molecule has 0 spiro atoms. The zero-order valence-electron chi connectivity index (χ0n) is 10.7. The molecule has 0 saturated carbocycles. The van der Waals surface area contributed by atoms with Crippen LogP contribution in [0, 0.1) is 6.92 Å². The Morgan fingerprint density at radius 3 is 2.75 bits per heavy atom. The first-order valence-electron chi connectivity index (χ1n) is 5.83. The minimum Gasteiger partial charge on any atom is -0.306 e. The van der Waals surface area contributed by atoms with Gasteiger partial charge in [0.15, 0.2) is 0 Å². The molecule has 1 N–H and O–H groups in total. The molecule has 1 heterocycles. The van der Waals surface area contributed by atoms with Gasteiger partial charge in [0, 0.05) is 24.5 Å². The Kier molecular flexibility index (Phi) is 4.81. The number of hydrogen-bond acceptors (Lipinski definition) is 2. The van der Waals surface area contributed by atoms with Crippen LogP contribution in [0.3, 0.4) is 0 Å². The van der Waals surface area contributed by atoms with Gasteiger partial charge in [0.25, 0.3) is 0 Å². The predicted molar refractivity (Wildman–Crippen MR) is 68.9 cm³/mol. The number of aromatic nitrogens is 2. The van der Waals surface area contributed by atoms with Crippen molar-refractivity contribution >= 4 is 11.6 Å². The SMILES string of the molecule is CCn1nc(C)cc1CNC(C)(C)CCCl. The summed E-state index contributed by atoms with van der Waals surface area (Å²) in [6.45, 7) is 10.3. The van der Waals surface area contributed by atoms with Gasteiger partial charge in [0.2, 0.25) is 0 Å². The Hall–Kier alpha value is -0.540. The lowest BCUT2D eigenvalue weighted by Crippen LogP contribution is -2.39. The second-order valence-corrected chi connectivity index (χ2v) is 5.15. The molecule has 1 aromatic heterocycles.